The van der Waals surface area contributed by atoms with Crippen molar-refractivity contribution in [2.75, 3.05) is 26.7 Å². The van der Waals surface area contributed by atoms with Gasteiger partial charge in [0.2, 0.25) is 5.91 Å². The molecule has 0 radical (unpaired) electrons. The fourth-order valence-corrected chi connectivity index (χ4v) is 4.64. The molecule has 35 heavy (non-hydrogen) atoms. The Morgan fingerprint density at radius 2 is 1.89 bits per heavy atom. The summed E-state index contributed by atoms with van der Waals surface area (Å²) in [5.41, 5.74) is 0.156. The molecule has 1 N–H and O–H groups in total. The number of halogens is 4. The Kier molecular flexibility index (Phi) is 6.65. The Labute approximate surface area is 207 Å². The van der Waals surface area contributed by atoms with Gasteiger partial charge in [-0.3, -0.25) is 9.59 Å². The SMILES string of the molecule is CN1CCCn2c(-c3ccc(Cl)cc3F)nc(C(=O)NC(C(=O)N3CC(F)(F)C3)C(C)(C)C)c2C1. The van der Waals surface area contributed by atoms with Gasteiger partial charge in [0.05, 0.1) is 24.3 Å². The van der Waals surface area contributed by atoms with Crippen molar-refractivity contribution >= 4 is 23.4 Å². The first-order valence-corrected chi connectivity index (χ1v) is 11.9. The fraction of sp³-hybridized carbons (Fsp3) is 0.542. The molecule has 1 saturated heterocycles. The van der Waals surface area contributed by atoms with Crippen LogP contribution in [0.4, 0.5) is 13.2 Å². The van der Waals surface area contributed by atoms with Crippen molar-refractivity contribution in [3.8, 4) is 11.4 Å². The lowest BCUT2D eigenvalue weighted by Crippen LogP contribution is -2.64. The summed E-state index contributed by atoms with van der Waals surface area (Å²) in [6.45, 7) is 5.63. The van der Waals surface area contributed by atoms with Crippen LogP contribution in [0, 0.1) is 11.2 Å². The summed E-state index contributed by atoms with van der Waals surface area (Å²) < 4.78 is 43.4. The zero-order chi connectivity index (χ0) is 25.7. The Morgan fingerprint density at radius 3 is 2.49 bits per heavy atom. The molecule has 1 unspecified atom stereocenters. The second kappa shape index (κ2) is 9.13. The normalized spacial score (nSPS) is 18.9. The maximum absolute atomic E-state index is 14.8. The van der Waals surface area contributed by atoms with Gasteiger partial charge in [-0.2, -0.15) is 0 Å². The van der Waals surface area contributed by atoms with Crippen LogP contribution < -0.4 is 5.32 Å². The third-order valence-electron chi connectivity index (χ3n) is 6.35. The zero-order valence-corrected chi connectivity index (χ0v) is 20.9. The van der Waals surface area contributed by atoms with Crippen LogP contribution in [0.1, 0.15) is 43.4 Å². The average Bonchev–Trinajstić information content (AvgIpc) is 2.94. The molecule has 0 bridgehead atoms. The number of hydrogen-bond acceptors (Lipinski definition) is 4. The monoisotopic (exact) mass is 511 g/mol. The quantitative estimate of drug-likeness (QED) is 0.678. The number of likely N-dealkylation sites (tertiary alicyclic amines) is 1. The molecule has 2 aliphatic rings. The van der Waals surface area contributed by atoms with Gasteiger partial charge >= 0.3 is 0 Å². The highest BCUT2D eigenvalue weighted by atomic mass is 35.5. The number of nitrogens with one attached hydrogen (secondary N) is 1. The number of rotatable bonds is 4. The minimum atomic E-state index is -2.91. The molecule has 1 aromatic carbocycles. The predicted molar refractivity (Wildman–Crippen MR) is 126 cm³/mol. The molecule has 2 aromatic rings. The van der Waals surface area contributed by atoms with Gasteiger partial charge in [0, 0.05) is 18.1 Å². The molecular weight excluding hydrogens is 483 g/mol. The number of nitrogens with zero attached hydrogens (tertiary/aromatic N) is 4. The number of alkyl halides is 2. The Balaban J connectivity index is 1.70. The van der Waals surface area contributed by atoms with E-state index in [1.54, 1.807) is 26.8 Å². The molecule has 2 aliphatic heterocycles. The van der Waals surface area contributed by atoms with E-state index in [9.17, 15) is 22.8 Å². The standard InChI is InChI=1S/C24H29ClF3N5O2/c1-23(2,3)19(22(35)32-12-24(27,28)13-32)30-21(34)18-17-11-31(4)8-5-9-33(17)20(29-18)15-7-6-14(25)10-16(15)26/h6-7,10,19H,5,8-9,11-13H2,1-4H3,(H,30,34). The van der Waals surface area contributed by atoms with Crippen molar-refractivity contribution in [2.45, 2.75) is 52.2 Å². The maximum atomic E-state index is 14.8. The first-order chi connectivity index (χ1) is 16.3. The van der Waals surface area contributed by atoms with Crippen LogP contribution in [0.2, 0.25) is 5.02 Å². The van der Waals surface area contributed by atoms with Gasteiger partial charge < -0.3 is 19.7 Å². The highest BCUT2D eigenvalue weighted by Crippen LogP contribution is 2.32. The van der Waals surface area contributed by atoms with E-state index in [1.807, 2.05) is 16.5 Å². The molecule has 190 valence electrons. The van der Waals surface area contributed by atoms with Crippen LogP contribution in [0.3, 0.4) is 0 Å². The predicted octanol–water partition coefficient (Wildman–Crippen LogP) is 3.80. The van der Waals surface area contributed by atoms with Crippen molar-refractivity contribution in [3.05, 3.63) is 40.4 Å². The zero-order valence-electron chi connectivity index (χ0n) is 20.2. The summed E-state index contributed by atoms with van der Waals surface area (Å²) in [6.07, 6.45) is 0.773. The number of amides is 2. The van der Waals surface area contributed by atoms with Gasteiger partial charge in [-0.1, -0.05) is 32.4 Å². The van der Waals surface area contributed by atoms with Crippen molar-refractivity contribution in [3.63, 3.8) is 0 Å². The first kappa shape index (κ1) is 25.5. The van der Waals surface area contributed by atoms with Crippen LogP contribution in [0.25, 0.3) is 11.4 Å². The van der Waals surface area contributed by atoms with E-state index in [0.29, 0.717) is 24.6 Å². The van der Waals surface area contributed by atoms with Crippen molar-refractivity contribution in [1.29, 1.82) is 0 Å². The summed E-state index contributed by atoms with van der Waals surface area (Å²) in [6, 6.07) is 3.23. The minimum absolute atomic E-state index is 0.0825. The van der Waals surface area contributed by atoms with Gasteiger partial charge in [-0.25, -0.2) is 18.2 Å². The second-order valence-electron chi connectivity index (χ2n) is 10.4. The molecule has 11 heteroatoms. The summed E-state index contributed by atoms with van der Waals surface area (Å²) in [4.78, 5) is 34.1. The minimum Gasteiger partial charge on any atom is -0.338 e. The van der Waals surface area contributed by atoms with E-state index in [0.717, 1.165) is 17.9 Å². The molecule has 0 spiro atoms. The summed E-state index contributed by atoms with van der Waals surface area (Å²) in [5.74, 6) is -4.34. The van der Waals surface area contributed by atoms with Crippen molar-refractivity contribution < 1.29 is 22.8 Å². The van der Waals surface area contributed by atoms with E-state index in [-0.39, 0.29) is 16.3 Å². The third-order valence-corrected chi connectivity index (χ3v) is 6.58. The molecule has 2 amide bonds. The summed E-state index contributed by atoms with van der Waals surface area (Å²) >= 11 is 5.92. The average molecular weight is 512 g/mol. The van der Waals surface area contributed by atoms with Crippen LogP contribution in [-0.2, 0) is 17.9 Å². The lowest BCUT2D eigenvalue weighted by molar-refractivity contribution is -0.169. The van der Waals surface area contributed by atoms with Gasteiger partial charge in [0.25, 0.3) is 11.8 Å². The van der Waals surface area contributed by atoms with Crippen molar-refractivity contribution in [2.24, 2.45) is 5.41 Å². The number of fused-ring (bicyclic) bond motifs is 1. The first-order valence-electron chi connectivity index (χ1n) is 11.5. The molecule has 1 fully saturated rings. The molecule has 0 saturated carbocycles. The lowest BCUT2D eigenvalue weighted by Gasteiger charge is -2.43. The number of benzene rings is 1. The van der Waals surface area contributed by atoms with Crippen LogP contribution in [-0.4, -0.2) is 69.8 Å². The number of hydrogen-bond donors (Lipinski definition) is 1. The molecule has 3 heterocycles. The highest BCUT2D eigenvalue weighted by Gasteiger charge is 2.49. The Bertz CT molecular complexity index is 1150. The van der Waals surface area contributed by atoms with Crippen LogP contribution >= 0.6 is 11.6 Å². The smallest absolute Gasteiger partial charge is 0.282 e. The van der Waals surface area contributed by atoms with Crippen molar-refractivity contribution in [1.82, 2.24) is 24.7 Å². The van der Waals surface area contributed by atoms with E-state index < -0.39 is 48.1 Å². The molecule has 7 nitrogen and oxygen atoms in total. The maximum Gasteiger partial charge on any atom is 0.282 e. The van der Waals surface area contributed by atoms with E-state index in [2.05, 4.69) is 10.3 Å². The van der Waals surface area contributed by atoms with Gasteiger partial charge in [0.1, 0.15) is 17.7 Å². The topological polar surface area (TPSA) is 70.5 Å². The number of carbonyl (C=O) groups excluding carboxylic acids is 2. The molecule has 1 atom stereocenters. The number of carbonyl (C=O) groups is 2. The van der Waals surface area contributed by atoms with E-state index >= 15 is 0 Å². The second-order valence-corrected chi connectivity index (χ2v) is 10.9. The number of aromatic nitrogens is 2. The van der Waals surface area contributed by atoms with Crippen LogP contribution in [0.15, 0.2) is 18.2 Å². The fourth-order valence-electron chi connectivity index (χ4n) is 4.48. The highest BCUT2D eigenvalue weighted by molar-refractivity contribution is 6.30. The van der Waals surface area contributed by atoms with E-state index in [1.165, 1.54) is 12.1 Å². The molecule has 0 aliphatic carbocycles. The largest absolute Gasteiger partial charge is 0.338 e. The molecule has 4 rings (SSSR count). The van der Waals surface area contributed by atoms with Gasteiger partial charge in [-0.15, -0.1) is 0 Å². The van der Waals surface area contributed by atoms with Crippen LogP contribution in [0.5, 0.6) is 0 Å². The summed E-state index contributed by atoms with van der Waals surface area (Å²) in [7, 11) is 1.92. The van der Waals surface area contributed by atoms with E-state index in [4.69, 9.17) is 11.6 Å². The number of imidazole rings is 1. The third kappa shape index (κ3) is 5.18. The summed E-state index contributed by atoms with van der Waals surface area (Å²) in [5, 5.41) is 2.98. The Morgan fingerprint density at radius 1 is 1.20 bits per heavy atom. The lowest BCUT2D eigenvalue weighted by atomic mass is 9.85. The van der Waals surface area contributed by atoms with Gasteiger partial charge in [-0.05, 0) is 43.6 Å². The van der Waals surface area contributed by atoms with Gasteiger partial charge in [0.15, 0.2) is 5.69 Å². The molecule has 1 aromatic heterocycles. The molecular formula is C24H29ClF3N5O2. The Hall–Kier alpha value is -2.59.